The Balaban J connectivity index is 2.44. The van der Waals surface area contributed by atoms with Gasteiger partial charge in [-0.1, -0.05) is 0 Å². The molecule has 6 heteroatoms. The van der Waals surface area contributed by atoms with E-state index in [9.17, 15) is 13.2 Å². The summed E-state index contributed by atoms with van der Waals surface area (Å²) in [5.41, 5.74) is 5.20. The predicted octanol–water partition coefficient (Wildman–Crippen LogP) is 1.42. The fourth-order valence-corrected chi connectivity index (χ4v) is 0.756. The van der Waals surface area contributed by atoms with Crippen LogP contribution in [-0.2, 0) is 6.54 Å². The first-order chi connectivity index (χ1) is 5.47. The fraction of sp³-hybridized carbons (Fsp3) is 0.500. The van der Waals surface area contributed by atoms with E-state index in [0.717, 1.165) is 0 Å². The maximum Gasteiger partial charge on any atom is 0.390 e. The Kier molecular flexibility index (Phi) is 2.25. The van der Waals surface area contributed by atoms with Crippen LogP contribution in [0.1, 0.15) is 6.42 Å². The lowest BCUT2D eigenvalue weighted by molar-refractivity contribution is -0.136. The molecule has 0 fully saturated rings. The lowest BCUT2D eigenvalue weighted by Gasteiger charge is -2.05. The summed E-state index contributed by atoms with van der Waals surface area (Å²) in [5, 5.41) is 0. The summed E-state index contributed by atoms with van der Waals surface area (Å²) >= 11 is 0. The van der Waals surface area contributed by atoms with Crippen molar-refractivity contribution in [2.24, 2.45) is 0 Å². The first-order valence-corrected chi connectivity index (χ1v) is 3.31. The molecule has 0 atom stereocenters. The Morgan fingerprint density at radius 1 is 1.50 bits per heavy atom. The van der Waals surface area contributed by atoms with Crippen molar-refractivity contribution >= 4 is 5.82 Å². The molecule has 68 valence electrons. The second-order valence-corrected chi connectivity index (χ2v) is 2.40. The molecule has 2 N–H and O–H groups in total. The second-order valence-electron chi connectivity index (χ2n) is 2.40. The van der Waals surface area contributed by atoms with Crippen LogP contribution in [0.15, 0.2) is 12.5 Å². The molecule has 3 nitrogen and oxygen atoms in total. The van der Waals surface area contributed by atoms with Crippen LogP contribution in [0.25, 0.3) is 0 Å². The number of anilines is 1. The van der Waals surface area contributed by atoms with Crippen molar-refractivity contribution in [3.63, 3.8) is 0 Å². The van der Waals surface area contributed by atoms with E-state index in [1.165, 1.54) is 17.1 Å². The molecular formula is C6H8F3N3. The lowest BCUT2D eigenvalue weighted by atomic mass is 10.4. The highest BCUT2D eigenvalue weighted by Crippen LogP contribution is 2.20. The van der Waals surface area contributed by atoms with E-state index in [1.807, 2.05) is 0 Å². The van der Waals surface area contributed by atoms with E-state index < -0.39 is 12.6 Å². The largest absolute Gasteiger partial charge is 0.390 e. The molecule has 1 heterocycles. The molecular weight excluding hydrogens is 171 g/mol. The quantitative estimate of drug-likeness (QED) is 0.746. The van der Waals surface area contributed by atoms with Gasteiger partial charge in [-0.05, 0) is 0 Å². The molecule has 0 spiro atoms. The van der Waals surface area contributed by atoms with Crippen LogP contribution in [0.3, 0.4) is 0 Å². The van der Waals surface area contributed by atoms with Gasteiger partial charge in [0.1, 0.15) is 5.82 Å². The molecule has 0 aliphatic carbocycles. The number of aryl methyl sites for hydroxylation is 1. The van der Waals surface area contributed by atoms with Crippen LogP contribution in [-0.4, -0.2) is 15.7 Å². The molecule has 12 heavy (non-hydrogen) atoms. The molecule has 0 saturated carbocycles. The first kappa shape index (κ1) is 8.89. The average Bonchev–Trinajstić information content (AvgIpc) is 2.30. The average molecular weight is 179 g/mol. The monoisotopic (exact) mass is 179 g/mol. The topological polar surface area (TPSA) is 43.8 Å². The summed E-state index contributed by atoms with van der Waals surface area (Å²) in [6.45, 7) is -0.131. The van der Waals surface area contributed by atoms with Gasteiger partial charge < -0.3 is 10.3 Å². The minimum atomic E-state index is -4.13. The third-order valence-electron chi connectivity index (χ3n) is 1.31. The molecule has 0 amide bonds. The maximum atomic E-state index is 11.7. The number of nitrogen functional groups attached to an aromatic ring is 1. The highest BCUT2D eigenvalue weighted by molar-refractivity contribution is 5.22. The summed E-state index contributed by atoms with van der Waals surface area (Å²) in [6, 6.07) is 0. The summed E-state index contributed by atoms with van der Waals surface area (Å²) in [6.07, 6.45) is -2.34. The molecule has 1 aromatic heterocycles. The smallest absolute Gasteiger partial charge is 0.382 e. The van der Waals surface area contributed by atoms with Gasteiger partial charge >= 0.3 is 6.18 Å². The van der Waals surface area contributed by atoms with Gasteiger partial charge in [0.2, 0.25) is 0 Å². The van der Waals surface area contributed by atoms with E-state index in [1.54, 1.807) is 0 Å². The van der Waals surface area contributed by atoms with Gasteiger partial charge in [-0.3, -0.25) is 0 Å². The van der Waals surface area contributed by atoms with Crippen LogP contribution < -0.4 is 5.73 Å². The molecule has 0 bridgehead atoms. The second kappa shape index (κ2) is 3.04. The molecule has 0 aliphatic heterocycles. The Morgan fingerprint density at radius 3 is 2.58 bits per heavy atom. The maximum absolute atomic E-state index is 11.7. The number of aromatic nitrogens is 2. The predicted molar refractivity (Wildman–Crippen MR) is 37.3 cm³/mol. The highest BCUT2D eigenvalue weighted by atomic mass is 19.4. The van der Waals surface area contributed by atoms with Crippen LogP contribution in [0.2, 0.25) is 0 Å². The van der Waals surface area contributed by atoms with Crippen LogP contribution in [0.4, 0.5) is 19.0 Å². The third-order valence-corrected chi connectivity index (χ3v) is 1.31. The van der Waals surface area contributed by atoms with E-state index >= 15 is 0 Å². The van der Waals surface area contributed by atoms with Crippen molar-refractivity contribution in [1.29, 1.82) is 0 Å². The van der Waals surface area contributed by atoms with Gasteiger partial charge in [-0.2, -0.15) is 13.2 Å². The number of hydrogen-bond donors (Lipinski definition) is 1. The zero-order chi connectivity index (χ0) is 9.19. The Hall–Kier alpha value is -1.20. The Labute approximate surface area is 67.0 Å². The zero-order valence-electron chi connectivity index (χ0n) is 6.17. The standard InChI is InChI=1S/C6H8F3N3/c7-6(8,9)1-2-12-3-5(10)11-4-12/h3-4H,1-2,10H2. The van der Waals surface area contributed by atoms with Crippen molar-refractivity contribution in [3.8, 4) is 0 Å². The number of hydrogen-bond acceptors (Lipinski definition) is 2. The molecule has 0 aliphatic rings. The van der Waals surface area contributed by atoms with Gasteiger partial charge in [0, 0.05) is 12.7 Å². The summed E-state index contributed by atoms with van der Waals surface area (Å²) in [7, 11) is 0. The minimum absolute atomic E-state index is 0.131. The van der Waals surface area contributed by atoms with Gasteiger partial charge in [0.05, 0.1) is 12.7 Å². The van der Waals surface area contributed by atoms with Gasteiger partial charge in [0.15, 0.2) is 0 Å². The van der Waals surface area contributed by atoms with Crippen molar-refractivity contribution < 1.29 is 13.2 Å². The number of nitrogens with zero attached hydrogens (tertiary/aromatic N) is 2. The minimum Gasteiger partial charge on any atom is -0.382 e. The Bertz CT molecular complexity index is 253. The number of halogens is 3. The van der Waals surface area contributed by atoms with Crippen molar-refractivity contribution in [3.05, 3.63) is 12.5 Å². The van der Waals surface area contributed by atoms with Crippen LogP contribution >= 0.6 is 0 Å². The number of imidazole rings is 1. The van der Waals surface area contributed by atoms with Crippen molar-refractivity contribution in [2.45, 2.75) is 19.1 Å². The lowest BCUT2D eigenvalue weighted by Crippen LogP contribution is -2.11. The van der Waals surface area contributed by atoms with E-state index in [-0.39, 0.29) is 12.4 Å². The highest BCUT2D eigenvalue weighted by Gasteiger charge is 2.26. The molecule has 0 saturated heterocycles. The van der Waals surface area contributed by atoms with Crippen molar-refractivity contribution in [1.82, 2.24) is 9.55 Å². The molecule has 1 aromatic rings. The molecule has 0 aromatic carbocycles. The van der Waals surface area contributed by atoms with Gasteiger partial charge in [-0.15, -0.1) is 0 Å². The van der Waals surface area contributed by atoms with Crippen molar-refractivity contribution in [2.75, 3.05) is 5.73 Å². The number of rotatable bonds is 2. The van der Waals surface area contributed by atoms with E-state index in [0.29, 0.717) is 0 Å². The summed E-state index contributed by atoms with van der Waals surface area (Å²) in [4.78, 5) is 3.59. The van der Waals surface area contributed by atoms with Gasteiger partial charge in [-0.25, -0.2) is 4.98 Å². The van der Waals surface area contributed by atoms with Crippen LogP contribution in [0, 0.1) is 0 Å². The fourth-order valence-electron chi connectivity index (χ4n) is 0.756. The van der Waals surface area contributed by atoms with Crippen LogP contribution in [0.5, 0.6) is 0 Å². The Morgan fingerprint density at radius 2 is 2.17 bits per heavy atom. The molecule has 0 unspecified atom stereocenters. The normalized spacial score (nSPS) is 11.9. The first-order valence-electron chi connectivity index (χ1n) is 3.31. The van der Waals surface area contributed by atoms with E-state index in [4.69, 9.17) is 5.73 Å². The number of alkyl halides is 3. The zero-order valence-corrected chi connectivity index (χ0v) is 6.17. The van der Waals surface area contributed by atoms with E-state index in [2.05, 4.69) is 4.98 Å². The summed E-state index contributed by atoms with van der Waals surface area (Å²) < 4.78 is 36.4. The SMILES string of the molecule is Nc1cn(CCC(F)(F)F)cn1. The van der Waals surface area contributed by atoms with Gasteiger partial charge in [0.25, 0.3) is 0 Å². The summed E-state index contributed by atoms with van der Waals surface area (Å²) in [5.74, 6) is 0.233. The number of nitrogens with two attached hydrogens (primary N) is 1. The molecule has 1 rings (SSSR count). The molecule has 0 radical (unpaired) electrons. The third kappa shape index (κ3) is 2.81.